The second-order valence-corrected chi connectivity index (χ2v) is 4.88. The Labute approximate surface area is 106 Å². The Balaban J connectivity index is 2.94. The molecule has 0 heterocycles. The summed E-state index contributed by atoms with van der Waals surface area (Å²) in [6, 6.07) is 5.38. The number of aromatic carboxylic acids is 1. The summed E-state index contributed by atoms with van der Waals surface area (Å²) < 4.78 is 5.53. The van der Waals surface area contributed by atoms with Crippen LogP contribution in [0.4, 0.5) is 0 Å². The summed E-state index contributed by atoms with van der Waals surface area (Å²) in [5.41, 5.74) is 0.287. The second-order valence-electron chi connectivity index (χ2n) is 3.57. The SMILES string of the molecule is CCCCOc1cccc(SCC)c1C(=O)O. The summed E-state index contributed by atoms with van der Waals surface area (Å²) >= 11 is 1.52. The lowest BCUT2D eigenvalue weighted by atomic mass is 10.2. The highest BCUT2D eigenvalue weighted by atomic mass is 32.2. The van der Waals surface area contributed by atoms with Crippen LogP contribution in [0, 0.1) is 0 Å². The van der Waals surface area contributed by atoms with Gasteiger partial charge < -0.3 is 9.84 Å². The van der Waals surface area contributed by atoms with Crippen LogP contribution in [0.25, 0.3) is 0 Å². The van der Waals surface area contributed by atoms with E-state index in [4.69, 9.17) is 4.74 Å². The highest BCUT2D eigenvalue weighted by Gasteiger charge is 2.16. The summed E-state index contributed by atoms with van der Waals surface area (Å²) in [7, 11) is 0. The van der Waals surface area contributed by atoms with Gasteiger partial charge in [0.1, 0.15) is 11.3 Å². The number of hydrogen-bond donors (Lipinski definition) is 1. The molecule has 0 aliphatic rings. The zero-order valence-electron chi connectivity index (χ0n) is 10.2. The summed E-state index contributed by atoms with van der Waals surface area (Å²) in [6.45, 7) is 4.64. The first-order chi connectivity index (χ1) is 8.20. The monoisotopic (exact) mass is 254 g/mol. The van der Waals surface area contributed by atoms with Crippen molar-refractivity contribution in [3.05, 3.63) is 23.8 Å². The molecule has 0 aliphatic heterocycles. The molecule has 0 saturated heterocycles. The number of carbonyl (C=O) groups is 1. The van der Waals surface area contributed by atoms with E-state index in [-0.39, 0.29) is 5.56 Å². The van der Waals surface area contributed by atoms with Gasteiger partial charge in [-0.3, -0.25) is 0 Å². The van der Waals surface area contributed by atoms with Crippen molar-refractivity contribution in [2.45, 2.75) is 31.6 Å². The molecule has 0 spiro atoms. The second kappa shape index (κ2) is 7.22. The number of ether oxygens (including phenoxy) is 1. The van der Waals surface area contributed by atoms with E-state index < -0.39 is 5.97 Å². The van der Waals surface area contributed by atoms with Crippen LogP contribution in [-0.2, 0) is 0 Å². The molecule has 0 aliphatic carbocycles. The van der Waals surface area contributed by atoms with E-state index in [1.807, 2.05) is 19.1 Å². The highest BCUT2D eigenvalue weighted by molar-refractivity contribution is 7.99. The number of thioether (sulfide) groups is 1. The number of carboxylic acid groups (broad SMARTS) is 1. The first-order valence-electron chi connectivity index (χ1n) is 5.82. The Bertz CT molecular complexity index is 377. The molecule has 3 nitrogen and oxygen atoms in total. The number of unbranched alkanes of at least 4 members (excludes halogenated alkanes) is 1. The van der Waals surface area contributed by atoms with Crippen molar-refractivity contribution in [1.29, 1.82) is 0 Å². The number of hydrogen-bond acceptors (Lipinski definition) is 3. The molecule has 1 aromatic rings. The van der Waals surface area contributed by atoms with Crippen molar-refractivity contribution in [1.82, 2.24) is 0 Å². The first kappa shape index (κ1) is 13.9. The van der Waals surface area contributed by atoms with Gasteiger partial charge in [0, 0.05) is 4.90 Å². The van der Waals surface area contributed by atoms with Gasteiger partial charge in [-0.2, -0.15) is 0 Å². The third-order valence-electron chi connectivity index (χ3n) is 2.26. The van der Waals surface area contributed by atoms with Crippen LogP contribution in [0.3, 0.4) is 0 Å². The molecule has 1 rings (SSSR count). The van der Waals surface area contributed by atoms with E-state index >= 15 is 0 Å². The maximum atomic E-state index is 11.3. The van der Waals surface area contributed by atoms with Crippen LogP contribution in [0.15, 0.2) is 23.1 Å². The molecular formula is C13H18O3S. The molecular weight excluding hydrogens is 236 g/mol. The largest absolute Gasteiger partial charge is 0.493 e. The number of rotatable bonds is 7. The van der Waals surface area contributed by atoms with E-state index in [2.05, 4.69) is 6.92 Å². The van der Waals surface area contributed by atoms with Crippen molar-refractivity contribution < 1.29 is 14.6 Å². The molecule has 94 valence electrons. The van der Waals surface area contributed by atoms with Gasteiger partial charge in [0.2, 0.25) is 0 Å². The van der Waals surface area contributed by atoms with E-state index in [1.54, 1.807) is 6.07 Å². The molecule has 0 aromatic heterocycles. The molecule has 0 fully saturated rings. The van der Waals surface area contributed by atoms with Gasteiger partial charge in [0.05, 0.1) is 6.61 Å². The van der Waals surface area contributed by atoms with Crippen LogP contribution in [0.1, 0.15) is 37.0 Å². The molecule has 0 unspecified atom stereocenters. The lowest BCUT2D eigenvalue weighted by Crippen LogP contribution is -2.06. The van der Waals surface area contributed by atoms with Gasteiger partial charge in [-0.15, -0.1) is 11.8 Å². The molecule has 0 saturated carbocycles. The minimum absolute atomic E-state index is 0.287. The average Bonchev–Trinajstić information content (AvgIpc) is 2.29. The predicted molar refractivity (Wildman–Crippen MR) is 70.2 cm³/mol. The van der Waals surface area contributed by atoms with E-state index in [0.717, 1.165) is 23.5 Å². The smallest absolute Gasteiger partial charge is 0.340 e. The molecule has 17 heavy (non-hydrogen) atoms. The zero-order valence-corrected chi connectivity index (χ0v) is 11.0. The van der Waals surface area contributed by atoms with Crippen LogP contribution in [0.5, 0.6) is 5.75 Å². The fourth-order valence-corrected chi connectivity index (χ4v) is 2.26. The van der Waals surface area contributed by atoms with Gasteiger partial charge in [-0.25, -0.2) is 4.79 Å². The minimum Gasteiger partial charge on any atom is -0.493 e. The van der Waals surface area contributed by atoms with Gasteiger partial charge in [0.25, 0.3) is 0 Å². The molecule has 0 radical (unpaired) electrons. The fourth-order valence-electron chi connectivity index (χ4n) is 1.44. The first-order valence-corrected chi connectivity index (χ1v) is 6.81. The highest BCUT2D eigenvalue weighted by Crippen LogP contribution is 2.30. The predicted octanol–water partition coefficient (Wildman–Crippen LogP) is 3.68. The minimum atomic E-state index is -0.923. The standard InChI is InChI=1S/C13H18O3S/c1-3-5-9-16-10-7-6-8-11(17-4-2)12(10)13(14)15/h6-8H,3-5,9H2,1-2H3,(H,14,15). The van der Waals surface area contributed by atoms with Gasteiger partial charge in [-0.1, -0.05) is 26.3 Å². The van der Waals surface area contributed by atoms with Crippen LogP contribution in [0.2, 0.25) is 0 Å². The maximum Gasteiger partial charge on any atom is 0.340 e. The molecule has 0 bridgehead atoms. The molecule has 0 atom stereocenters. The Morgan fingerprint density at radius 3 is 2.76 bits per heavy atom. The zero-order chi connectivity index (χ0) is 12.7. The summed E-state index contributed by atoms with van der Waals surface area (Å²) in [4.78, 5) is 12.0. The van der Waals surface area contributed by atoms with Crippen molar-refractivity contribution in [3.8, 4) is 5.75 Å². The molecule has 1 N–H and O–H groups in total. The van der Waals surface area contributed by atoms with E-state index in [0.29, 0.717) is 12.4 Å². The van der Waals surface area contributed by atoms with Gasteiger partial charge in [-0.05, 0) is 24.3 Å². The Kier molecular flexibility index (Phi) is 5.91. The van der Waals surface area contributed by atoms with E-state index in [9.17, 15) is 9.90 Å². The normalized spacial score (nSPS) is 10.2. The maximum absolute atomic E-state index is 11.3. The molecule has 1 aromatic carbocycles. The Hall–Kier alpha value is -1.16. The third kappa shape index (κ3) is 3.97. The fraction of sp³-hybridized carbons (Fsp3) is 0.462. The summed E-state index contributed by atoms with van der Waals surface area (Å²) in [5, 5.41) is 9.24. The lowest BCUT2D eigenvalue weighted by molar-refractivity contribution is 0.0688. The van der Waals surface area contributed by atoms with E-state index in [1.165, 1.54) is 11.8 Å². The van der Waals surface area contributed by atoms with Gasteiger partial charge in [0.15, 0.2) is 0 Å². The summed E-state index contributed by atoms with van der Waals surface area (Å²) in [5.74, 6) is 0.399. The van der Waals surface area contributed by atoms with Crippen molar-refractivity contribution >= 4 is 17.7 Å². The van der Waals surface area contributed by atoms with Crippen LogP contribution in [-0.4, -0.2) is 23.4 Å². The summed E-state index contributed by atoms with van der Waals surface area (Å²) in [6.07, 6.45) is 1.97. The van der Waals surface area contributed by atoms with Crippen LogP contribution >= 0.6 is 11.8 Å². The third-order valence-corrected chi connectivity index (χ3v) is 3.20. The van der Waals surface area contributed by atoms with Crippen LogP contribution < -0.4 is 4.74 Å². The number of benzene rings is 1. The average molecular weight is 254 g/mol. The quantitative estimate of drug-likeness (QED) is 0.595. The van der Waals surface area contributed by atoms with Crippen molar-refractivity contribution in [2.75, 3.05) is 12.4 Å². The van der Waals surface area contributed by atoms with Crippen molar-refractivity contribution in [2.24, 2.45) is 0 Å². The van der Waals surface area contributed by atoms with Gasteiger partial charge >= 0.3 is 5.97 Å². The van der Waals surface area contributed by atoms with Crippen molar-refractivity contribution in [3.63, 3.8) is 0 Å². The molecule has 4 heteroatoms. The Morgan fingerprint density at radius 2 is 2.18 bits per heavy atom. The lowest BCUT2D eigenvalue weighted by Gasteiger charge is -2.11. The molecule has 0 amide bonds. The topological polar surface area (TPSA) is 46.5 Å². The number of carboxylic acids is 1. The Morgan fingerprint density at radius 1 is 1.41 bits per heavy atom.